The molecule has 0 saturated carbocycles. The van der Waals surface area contributed by atoms with Crippen LogP contribution in [0.25, 0.3) is 0 Å². The molecular weight excluding hydrogens is 795 g/mol. The largest absolute Gasteiger partial charge is 0.481 e. The SMILES string of the molecule is CCCCCCCC.CSCCC1NC(=O)[C@H](CCCN=C(N)N)NC(=O)C(CCC(=O)O)NC(=O)[C@H](CC(N)=O)NC(=O)CCCCCCCCCNC(C)C(=O)C1=O. The van der Waals surface area contributed by atoms with Gasteiger partial charge >= 0.3 is 5.97 Å². The van der Waals surface area contributed by atoms with Crippen LogP contribution in [0.3, 0.4) is 0 Å². The van der Waals surface area contributed by atoms with Crippen LogP contribution < -0.4 is 43.8 Å². The normalized spacial score (nSPS) is 22.3. The average Bonchev–Trinajstić information content (AvgIpc) is 3.19. The van der Waals surface area contributed by atoms with Gasteiger partial charge in [-0.2, -0.15) is 11.8 Å². The lowest BCUT2D eigenvalue weighted by Gasteiger charge is -2.26. The van der Waals surface area contributed by atoms with Gasteiger partial charge in [-0.25, -0.2) is 0 Å². The summed E-state index contributed by atoms with van der Waals surface area (Å²) in [6.45, 7) is 6.68. The van der Waals surface area contributed by atoms with Gasteiger partial charge in [-0.05, 0) is 64.0 Å². The van der Waals surface area contributed by atoms with Crippen molar-refractivity contribution in [3.63, 3.8) is 0 Å². The van der Waals surface area contributed by atoms with Crippen LogP contribution in [0, 0.1) is 0 Å². The molecule has 19 heteroatoms. The minimum atomic E-state index is -1.53. The number of nitrogens with zero attached hydrogens (tertiary/aromatic N) is 1. The first-order valence-corrected chi connectivity index (χ1v) is 23.0. The van der Waals surface area contributed by atoms with E-state index in [1.54, 1.807) is 13.2 Å². The summed E-state index contributed by atoms with van der Waals surface area (Å²) < 4.78 is 0. The van der Waals surface area contributed by atoms with Crippen LogP contribution in [0.2, 0.25) is 0 Å². The van der Waals surface area contributed by atoms with Gasteiger partial charge in [0.15, 0.2) is 5.96 Å². The molecule has 0 aromatic heterocycles. The molecule has 0 radical (unpaired) electrons. The number of carboxylic acids is 1. The van der Waals surface area contributed by atoms with E-state index >= 15 is 0 Å². The number of nitrogens with one attached hydrogen (secondary N) is 5. The number of ketones is 2. The van der Waals surface area contributed by atoms with Crippen molar-refractivity contribution in [2.75, 3.05) is 25.1 Å². The van der Waals surface area contributed by atoms with Crippen LogP contribution in [-0.2, 0) is 38.4 Å². The number of guanidine groups is 1. The summed E-state index contributed by atoms with van der Waals surface area (Å²) in [6.07, 6.45) is 14.7. The highest BCUT2D eigenvalue weighted by molar-refractivity contribution is 7.98. The van der Waals surface area contributed by atoms with Crippen molar-refractivity contribution in [2.24, 2.45) is 22.2 Å². The molecule has 0 bridgehead atoms. The van der Waals surface area contributed by atoms with Crippen molar-refractivity contribution in [1.29, 1.82) is 0 Å². The number of aliphatic imine (C=N–C) groups is 1. The number of amides is 5. The molecule has 1 fully saturated rings. The van der Waals surface area contributed by atoms with Crippen molar-refractivity contribution in [1.82, 2.24) is 26.6 Å². The predicted molar refractivity (Wildman–Crippen MR) is 235 cm³/mol. The lowest BCUT2D eigenvalue weighted by Crippen LogP contribution is -2.58. The second-order valence-electron chi connectivity index (χ2n) is 15.2. The zero-order valence-electron chi connectivity index (χ0n) is 36.5. The molecule has 1 aliphatic heterocycles. The maximum atomic E-state index is 13.7. The first-order valence-electron chi connectivity index (χ1n) is 21.6. The zero-order valence-corrected chi connectivity index (χ0v) is 37.3. The van der Waals surface area contributed by atoms with E-state index in [1.165, 1.54) is 50.3 Å². The van der Waals surface area contributed by atoms with Gasteiger partial charge in [-0.3, -0.25) is 43.3 Å². The number of nitrogens with two attached hydrogens (primary N) is 3. The number of aliphatic carboxylic acids is 1. The number of Topliss-reactive ketones (excluding diaryl/α,β-unsaturated/α-hetero) is 2. The fourth-order valence-electron chi connectivity index (χ4n) is 6.25. The number of hydrogen-bond donors (Lipinski definition) is 9. The Morgan fingerprint density at radius 2 is 1.22 bits per heavy atom. The van der Waals surface area contributed by atoms with E-state index in [-0.39, 0.29) is 38.2 Å². The molecule has 5 amide bonds. The van der Waals surface area contributed by atoms with Gasteiger partial charge in [0.1, 0.15) is 18.1 Å². The first kappa shape index (κ1) is 55.7. The quantitative estimate of drug-likeness (QED) is 0.0438. The number of unbranched alkanes of at least 4 members (excludes halogenated alkanes) is 5. The molecule has 1 rings (SSSR count). The van der Waals surface area contributed by atoms with E-state index < -0.39 is 96.5 Å². The second-order valence-corrected chi connectivity index (χ2v) is 16.2. The topological polar surface area (TPSA) is 307 Å². The summed E-state index contributed by atoms with van der Waals surface area (Å²) >= 11 is 1.41. The standard InChI is InChI=1S/C33H57N9O9S.C8H18/c1-20-28(47)29(48)21(15-18-52-2)40-30(49)22(11-10-17-38-33(35)36)41-31(50)23(13-14-27(45)46)42-32(51)24(19-25(34)43)39-26(44)12-8-6-4-3-5-7-9-16-37-20;1-3-5-7-8-6-4-2/h20-24,37H,3-19H2,1-2H3,(H2,34,43)(H,39,44)(H,40,49)(H,41,50)(H,42,51)(H,45,46)(H4,35,36,38);3-8H2,1-2H3/t20?,21?,22-,23?,24-;/m0./s1. The van der Waals surface area contributed by atoms with E-state index in [0.29, 0.717) is 18.7 Å². The highest BCUT2D eigenvalue weighted by Gasteiger charge is 2.34. The fourth-order valence-corrected chi connectivity index (χ4v) is 6.72. The van der Waals surface area contributed by atoms with Crippen molar-refractivity contribution >= 4 is 64.8 Å². The van der Waals surface area contributed by atoms with Gasteiger partial charge in [-0.1, -0.05) is 84.5 Å². The zero-order chi connectivity index (χ0) is 45.3. The van der Waals surface area contributed by atoms with Gasteiger partial charge in [0.25, 0.3) is 0 Å². The van der Waals surface area contributed by atoms with Crippen molar-refractivity contribution < 1.29 is 43.5 Å². The summed E-state index contributed by atoms with van der Waals surface area (Å²) in [7, 11) is 0. The average molecular weight is 870 g/mol. The second kappa shape index (κ2) is 34.5. The number of rotatable bonds is 17. The van der Waals surface area contributed by atoms with Crippen LogP contribution in [0.15, 0.2) is 4.99 Å². The Morgan fingerprint density at radius 3 is 1.75 bits per heavy atom. The molecule has 344 valence electrons. The van der Waals surface area contributed by atoms with Crippen LogP contribution in [0.1, 0.15) is 149 Å². The van der Waals surface area contributed by atoms with E-state index in [2.05, 4.69) is 45.4 Å². The van der Waals surface area contributed by atoms with E-state index in [9.17, 15) is 43.5 Å². The Kier molecular flexibility index (Phi) is 32.0. The molecule has 0 spiro atoms. The third kappa shape index (κ3) is 27.5. The van der Waals surface area contributed by atoms with Gasteiger partial charge in [-0.15, -0.1) is 0 Å². The molecule has 12 N–H and O–H groups in total. The number of thioether (sulfide) groups is 1. The summed E-state index contributed by atoms with van der Waals surface area (Å²) in [5.74, 6) is -6.66. The maximum Gasteiger partial charge on any atom is 0.303 e. The summed E-state index contributed by atoms with van der Waals surface area (Å²) in [6, 6.07) is -6.31. The maximum absolute atomic E-state index is 13.7. The first-order chi connectivity index (χ1) is 28.6. The van der Waals surface area contributed by atoms with Crippen LogP contribution >= 0.6 is 11.8 Å². The molecule has 1 aliphatic rings. The minimum Gasteiger partial charge on any atom is -0.481 e. The molecule has 0 aromatic carbocycles. The Hall–Kier alpha value is -4.26. The van der Waals surface area contributed by atoms with E-state index in [4.69, 9.17) is 17.2 Å². The number of carbonyl (C=O) groups excluding carboxylic acids is 7. The monoisotopic (exact) mass is 870 g/mol. The van der Waals surface area contributed by atoms with Crippen LogP contribution in [-0.4, -0.2) is 113 Å². The number of primary amides is 1. The lowest BCUT2D eigenvalue weighted by molar-refractivity contribution is -0.140. The molecule has 0 aromatic rings. The van der Waals surface area contributed by atoms with Crippen LogP contribution in [0.5, 0.6) is 0 Å². The van der Waals surface area contributed by atoms with E-state index in [0.717, 1.165) is 38.5 Å². The third-order valence-corrected chi connectivity index (χ3v) is 10.4. The summed E-state index contributed by atoms with van der Waals surface area (Å²) in [5, 5.41) is 22.4. The summed E-state index contributed by atoms with van der Waals surface area (Å²) in [4.78, 5) is 107. The van der Waals surface area contributed by atoms with Gasteiger partial charge in [0, 0.05) is 19.4 Å². The summed E-state index contributed by atoms with van der Waals surface area (Å²) in [5.41, 5.74) is 16.2. The van der Waals surface area contributed by atoms with Crippen LogP contribution in [0.4, 0.5) is 0 Å². The van der Waals surface area contributed by atoms with Gasteiger partial charge < -0.3 is 48.9 Å². The Labute approximate surface area is 360 Å². The molecule has 1 saturated heterocycles. The van der Waals surface area contributed by atoms with Gasteiger partial charge in [0.05, 0.1) is 18.5 Å². The third-order valence-electron chi connectivity index (χ3n) is 9.78. The molecule has 1 heterocycles. The van der Waals surface area contributed by atoms with Crippen molar-refractivity contribution in [3.8, 4) is 0 Å². The minimum absolute atomic E-state index is 0.0519. The Morgan fingerprint density at radius 1 is 0.683 bits per heavy atom. The smallest absolute Gasteiger partial charge is 0.303 e. The number of hydrogen-bond acceptors (Lipinski definition) is 11. The highest BCUT2D eigenvalue weighted by atomic mass is 32.2. The Balaban J connectivity index is 0.00000391. The molecule has 5 atom stereocenters. The van der Waals surface area contributed by atoms with Gasteiger partial charge in [0.2, 0.25) is 41.1 Å². The Bertz CT molecular complexity index is 1360. The lowest BCUT2D eigenvalue weighted by atomic mass is 10.0. The highest BCUT2D eigenvalue weighted by Crippen LogP contribution is 2.11. The molecule has 18 nitrogen and oxygen atoms in total. The van der Waals surface area contributed by atoms with E-state index in [1.807, 2.05) is 0 Å². The number of carboxylic acid groups (broad SMARTS) is 1. The number of carbonyl (C=O) groups is 8. The molecule has 0 aliphatic carbocycles. The van der Waals surface area contributed by atoms with Crippen molar-refractivity contribution in [3.05, 3.63) is 0 Å². The molecule has 60 heavy (non-hydrogen) atoms. The predicted octanol–water partition coefficient (Wildman–Crippen LogP) is 2.09. The van der Waals surface area contributed by atoms with Crippen molar-refractivity contribution in [2.45, 2.75) is 179 Å². The molecular formula is C41H75N9O9S. The molecule has 3 unspecified atom stereocenters. The fraction of sp³-hybridized carbons (Fsp3) is 0.780.